The molecular weight excluding hydrogens is 224 g/mol. The molecule has 0 amide bonds. The van der Waals surface area contributed by atoms with Crippen molar-refractivity contribution in [1.29, 1.82) is 0 Å². The van der Waals surface area contributed by atoms with Gasteiger partial charge in [-0.1, -0.05) is 11.6 Å². The van der Waals surface area contributed by atoms with E-state index in [1.54, 1.807) is 7.11 Å². The standard InChI is InChI=1S/C9H7ClOS2/c1-11-7-2-5(12)3-8-6(7)4-9(10)13-8/h2-4,12H,1H3. The van der Waals surface area contributed by atoms with Crippen molar-refractivity contribution in [1.82, 2.24) is 0 Å². The molecule has 0 fully saturated rings. The molecule has 0 aliphatic carbocycles. The molecule has 13 heavy (non-hydrogen) atoms. The van der Waals surface area contributed by atoms with Crippen LogP contribution in [0.1, 0.15) is 0 Å². The third-order valence-corrected chi connectivity index (χ3v) is 3.24. The van der Waals surface area contributed by atoms with Crippen LogP contribution < -0.4 is 4.74 Å². The summed E-state index contributed by atoms with van der Waals surface area (Å²) in [7, 11) is 1.65. The molecule has 0 saturated carbocycles. The van der Waals surface area contributed by atoms with E-state index in [1.807, 2.05) is 18.2 Å². The normalized spacial score (nSPS) is 10.7. The van der Waals surface area contributed by atoms with Crippen molar-refractivity contribution in [2.75, 3.05) is 7.11 Å². The van der Waals surface area contributed by atoms with E-state index >= 15 is 0 Å². The number of thiophene rings is 1. The summed E-state index contributed by atoms with van der Waals surface area (Å²) in [6.07, 6.45) is 0. The molecule has 0 bridgehead atoms. The third kappa shape index (κ3) is 1.64. The van der Waals surface area contributed by atoms with Gasteiger partial charge in [0.1, 0.15) is 5.75 Å². The van der Waals surface area contributed by atoms with E-state index in [4.69, 9.17) is 16.3 Å². The zero-order valence-corrected chi connectivity index (χ0v) is 9.34. The smallest absolute Gasteiger partial charge is 0.128 e. The highest BCUT2D eigenvalue weighted by atomic mass is 35.5. The molecule has 1 aromatic carbocycles. The first-order valence-corrected chi connectivity index (χ1v) is 5.31. The summed E-state index contributed by atoms with van der Waals surface area (Å²) in [5.41, 5.74) is 0. The van der Waals surface area contributed by atoms with Crippen molar-refractivity contribution < 1.29 is 4.74 Å². The summed E-state index contributed by atoms with van der Waals surface area (Å²) in [5.74, 6) is 0.825. The van der Waals surface area contributed by atoms with Gasteiger partial charge in [-0.15, -0.1) is 24.0 Å². The Bertz CT molecular complexity index is 450. The Hall–Kier alpha value is -0.380. The Labute approximate surface area is 90.7 Å². The van der Waals surface area contributed by atoms with Gasteiger partial charge in [-0.2, -0.15) is 0 Å². The summed E-state index contributed by atoms with van der Waals surface area (Å²) in [6.45, 7) is 0. The van der Waals surface area contributed by atoms with E-state index < -0.39 is 0 Å². The first-order valence-electron chi connectivity index (χ1n) is 3.67. The largest absolute Gasteiger partial charge is 0.496 e. The second-order valence-corrected chi connectivity index (χ2v) is 4.84. The van der Waals surface area contributed by atoms with Gasteiger partial charge < -0.3 is 4.74 Å². The Morgan fingerprint density at radius 1 is 1.38 bits per heavy atom. The van der Waals surface area contributed by atoms with Crippen LogP contribution in [-0.2, 0) is 0 Å². The Morgan fingerprint density at radius 2 is 2.15 bits per heavy atom. The maximum Gasteiger partial charge on any atom is 0.128 e. The monoisotopic (exact) mass is 230 g/mol. The average molecular weight is 231 g/mol. The molecule has 1 aromatic heterocycles. The molecule has 68 valence electrons. The molecule has 0 spiro atoms. The van der Waals surface area contributed by atoms with Crippen molar-refractivity contribution >= 4 is 45.7 Å². The van der Waals surface area contributed by atoms with Gasteiger partial charge in [0.05, 0.1) is 11.4 Å². The molecular formula is C9H7ClOS2. The fourth-order valence-corrected chi connectivity index (χ4v) is 2.77. The van der Waals surface area contributed by atoms with Gasteiger partial charge in [-0.05, 0) is 18.2 Å². The van der Waals surface area contributed by atoms with Crippen LogP contribution >= 0.6 is 35.6 Å². The van der Waals surface area contributed by atoms with Crippen molar-refractivity contribution in [3.63, 3.8) is 0 Å². The summed E-state index contributed by atoms with van der Waals surface area (Å²) in [6, 6.07) is 5.78. The summed E-state index contributed by atoms with van der Waals surface area (Å²) >= 11 is 11.7. The molecule has 1 nitrogen and oxygen atoms in total. The van der Waals surface area contributed by atoms with E-state index in [0.29, 0.717) is 0 Å². The van der Waals surface area contributed by atoms with Crippen molar-refractivity contribution in [2.24, 2.45) is 0 Å². The molecule has 0 N–H and O–H groups in total. The highest BCUT2D eigenvalue weighted by molar-refractivity contribution is 7.80. The van der Waals surface area contributed by atoms with Crippen LogP contribution in [0.15, 0.2) is 23.1 Å². The number of hydrogen-bond donors (Lipinski definition) is 1. The summed E-state index contributed by atoms with van der Waals surface area (Å²) < 4.78 is 7.10. The van der Waals surface area contributed by atoms with E-state index in [9.17, 15) is 0 Å². The van der Waals surface area contributed by atoms with Crippen molar-refractivity contribution in [3.05, 3.63) is 22.5 Å². The zero-order chi connectivity index (χ0) is 9.42. The average Bonchev–Trinajstić information content (AvgIpc) is 2.43. The van der Waals surface area contributed by atoms with Gasteiger partial charge in [-0.25, -0.2) is 0 Å². The predicted molar refractivity (Wildman–Crippen MR) is 60.6 cm³/mol. The predicted octanol–water partition coefficient (Wildman–Crippen LogP) is 3.85. The zero-order valence-electron chi connectivity index (χ0n) is 6.87. The molecule has 2 rings (SSSR count). The highest BCUT2D eigenvalue weighted by Gasteiger charge is 2.06. The van der Waals surface area contributed by atoms with Crippen LogP contribution in [0.4, 0.5) is 0 Å². The number of halogens is 1. The Kier molecular flexibility index (Phi) is 2.41. The second-order valence-electron chi connectivity index (χ2n) is 2.61. The SMILES string of the molecule is COc1cc(S)cc2sc(Cl)cc12. The number of rotatable bonds is 1. The van der Waals surface area contributed by atoms with Gasteiger partial charge >= 0.3 is 0 Å². The lowest BCUT2D eigenvalue weighted by molar-refractivity contribution is 0.419. The van der Waals surface area contributed by atoms with Crippen molar-refractivity contribution in [2.45, 2.75) is 4.90 Å². The maximum absolute atomic E-state index is 5.90. The Morgan fingerprint density at radius 3 is 2.85 bits per heavy atom. The quantitative estimate of drug-likeness (QED) is 0.733. The minimum atomic E-state index is 0.771. The number of ether oxygens (including phenoxy) is 1. The summed E-state index contributed by atoms with van der Waals surface area (Å²) in [5, 5.41) is 1.05. The lowest BCUT2D eigenvalue weighted by atomic mass is 10.2. The highest BCUT2D eigenvalue weighted by Crippen LogP contribution is 2.37. The number of benzene rings is 1. The molecule has 2 aromatic rings. The lowest BCUT2D eigenvalue weighted by Crippen LogP contribution is -1.82. The van der Waals surface area contributed by atoms with Gasteiger partial charge in [-0.3, -0.25) is 0 Å². The second kappa shape index (κ2) is 3.40. The van der Waals surface area contributed by atoms with Crippen LogP contribution in [-0.4, -0.2) is 7.11 Å². The van der Waals surface area contributed by atoms with E-state index in [-0.39, 0.29) is 0 Å². The molecule has 0 atom stereocenters. The van der Waals surface area contributed by atoms with Crippen LogP contribution in [0.5, 0.6) is 5.75 Å². The lowest BCUT2D eigenvalue weighted by Gasteiger charge is -2.01. The number of fused-ring (bicyclic) bond motifs is 1. The van der Waals surface area contributed by atoms with Crippen LogP contribution in [0.3, 0.4) is 0 Å². The molecule has 0 radical (unpaired) electrons. The Balaban J connectivity index is 2.80. The molecule has 0 aliphatic heterocycles. The van der Waals surface area contributed by atoms with E-state index in [2.05, 4.69) is 12.6 Å². The van der Waals surface area contributed by atoms with Gasteiger partial charge in [0.2, 0.25) is 0 Å². The molecule has 0 unspecified atom stereocenters. The van der Waals surface area contributed by atoms with Crippen LogP contribution in [0.2, 0.25) is 4.34 Å². The van der Waals surface area contributed by atoms with Crippen LogP contribution in [0.25, 0.3) is 10.1 Å². The topological polar surface area (TPSA) is 9.23 Å². The maximum atomic E-state index is 5.90. The van der Waals surface area contributed by atoms with Gasteiger partial charge in [0, 0.05) is 15.0 Å². The fourth-order valence-electron chi connectivity index (χ4n) is 1.23. The third-order valence-electron chi connectivity index (χ3n) is 1.77. The fraction of sp³-hybridized carbons (Fsp3) is 0.111. The first kappa shape index (κ1) is 9.19. The molecule has 4 heteroatoms. The van der Waals surface area contributed by atoms with Crippen LogP contribution in [0, 0.1) is 0 Å². The first-order chi connectivity index (χ1) is 6.20. The van der Waals surface area contributed by atoms with Gasteiger partial charge in [0.25, 0.3) is 0 Å². The molecule has 0 aliphatic rings. The molecule has 1 heterocycles. The number of thiol groups is 1. The van der Waals surface area contributed by atoms with E-state index in [0.717, 1.165) is 25.1 Å². The number of methoxy groups -OCH3 is 1. The van der Waals surface area contributed by atoms with E-state index in [1.165, 1.54) is 11.3 Å². The number of hydrogen-bond acceptors (Lipinski definition) is 3. The van der Waals surface area contributed by atoms with Crippen molar-refractivity contribution in [3.8, 4) is 5.75 Å². The minimum absolute atomic E-state index is 0.771. The van der Waals surface area contributed by atoms with Gasteiger partial charge in [0.15, 0.2) is 0 Å². The molecule has 0 saturated heterocycles. The summed E-state index contributed by atoms with van der Waals surface area (Å²) in [4.78, 5) is 0.892. The minimum Gasteiger partial charge on any atom is -0.496 e.